The zero-order valence-electron chi connectivity index (χ0n) is 14.2. The second-order valence-corrected chi connectivity index (χ2v) is 8.92. The van der Waals surface area contributed by atoms with E-state index in [9.17, 15) is 17.2 Å². The van der Waals surface area contributed by atoms with Crippen LogP contribution in [0.5, 0.6) is 0 Å². The molecule has 1 aliphatic rings. The third kappa shape index (κ3) is 4.09. The van der Waals surface area contributed by atoms with Crippen LogP contribution < -0.4 is 0 Å². The predicted molar refractivity (Wildman–Crippen MR) is 95.0 cm³/mol. The second kappa shape index (κ2) is 7.24. The van der Waals surface area contributed by atoms with Crippen LogP contribution in [0.15, 0.2) is 47.4 Å². The second-order valence-electron chi connectivity index (χ2n) is 6.88. The van der Waals surface area contributed by atoms with Crippen molar-refractivity contribution < 1.29 is 17.2 Å². The lowest BCUT2D eigenvalue weighted by Crippen LogP contribution is -2.14. The van der Waals surface area contributed by atoms with E-state index in [1.54, 1.807) is 12.1 Å². The maximum absolute atomic E-state index is 13.9. The molecule has 0 spiro atoms. The molecule has 0 aromatic heterocycles. The van der Waals surface area contributed by atoms with Crippen LogP contribution in [-0.4, -0.2) is 14.2 Å². The fraction of sp³-hybridized carbons (Fsp3) is 0.400. The van der Waals surface area contributed by atoms with Gasteiger partial charge in [-0.05, 0) is 54.5 Å². The summed E-state index contributed by atoms with van der Waals surface area (Å²) in [7, 11) is -3.34. The lowest BCUT2D eigenvalue weighted by Gasteiger charge is -2.12. The Hall–Kier alpha value is -1.75. The van der Waals surface area contributed by atoms with E-state index in [4.69, 9.17) is 0 Å². The maximum atomic E-state index is 13.9. The highest BCUT2D eigenvalue weighted by Crippen LogP contribution is 2.35. The number of hydrogen-bond acceptors (Lipinski definition) is 2. The van der Waals surface area contributed by atoms with Gasteiger partial charge in [0.05, 0.1) is 10.6 Å². The molecule has 1 aliphatic carbocycles. The molecule has 2 atom stereocenters. The summed E-state index contributed by atoms with van der Waals surface area (Å²) in [4.78, 5) is 0.263. The van der Waals surface area contributed by atoms with E-state index < -0.39 is 21.5 Å². The van der Waals surface area contributed by atoms with Gasteiger partial charge < -0.3 is 0 Å². The number of sulfone groups is 1. The standard InChI is InChI=1S/C20H22F2O2S/c1-2-14-3-4-15(11-14)13-25(23,24)18-8-5-16(6-9-18)19-10-7-17(21)12-20(19)22/h5-10,12,14-15H,2-4,11,13H2,1H3/t14-,15?/m0/s1. The summed E-state index contributed by atoms with van der Waals surface area (Å²) >= 11 is 0. The molecule has 2 aromatic carbocycles. The summed E-state index contributed by atoms with van der Waals surface area (Å²) in [6, 6.07) is 9.55. The monoisotopic (exact) mass is 364 g/mol. The Kier molecular flexibility index (Phi) is 5.23. The van der Waals surface area contributed by atoms with Crippen LogP contribution in [0.4, 0.5) is 8.78 Å². The Balaban J connectivity index is 1.77. The Morgan fingerprint density at radius 3 is 2.28 bits per heavy atom. The Morgan fingerprint density at radius 1 is 1.00 bits per heavy atom. The van der Waals surface area contributed by atoms with Crippen molar-refractivity contribution in [3.05, 3.63) is 54.1 Å². The molecule has 0 heterocycles. The topological polar surface area (TPSA) is 34.1 Å². The van der Waals surface area contributed by atoms with Gasteiger partial charge in [-0.2, -0.15) is 0 Å². The lowest BCUT2D eigenvalue weighted by atomic mass is 10.0. The minimum absolute atomic E-state index is 0.174. The molecular formula is C20H22F2O2S. The minimum Gasteiger partial charge on any atom is -0.224 e. The molecular weight excluding hydrogens is 342 g/mol. The molecule has 1 unspecified atom stereocenters. The highest BCUT2D eigenvalue weighted by molar-refractivity contribution is 7.91. The summed E-state index contributed by atoms with van der Waals surface area (Å²) in [5.74, 6) is -0.254. The van der Waals surface area contributed by atoms with Gasteiger partial charge in [0.1, 0.15) is 11.6 Å². The molecule has 2 nitrogen and oxygen atoms in total. The van der Waals surface area contributed by atoms with Crippen molar-refractivity contribution in [2.45, 2.75) is 37.5 Å². The van der Waals surface area contributed by atoms with Crippen molar-refractivity contribution in [2.24, 2.45) is 11.8 Å². The SMILES string of the molecule is CC[C@H]1CCC(CS(=O)(=O)c2ccc(-c3ccc(F)cc3F)cc2)C1. The van der Waals surface area contributed by atoms with Gasteiger partial charge in [0.15, 0.2) is 9.84 Å². The van der Waals surface area contributed by atoms with Crippen molar-refractivity contribution in [1.82, 2.24) is 0 Å². The first-order valence-electron chi connectivity index (χ1n) is 8.67. The van der Waals surface area contributed by atoms with E-state index in [2.05, 4.69) is 6.92 Å². The third-order valence-electron chi connectivity index (χ3n) is 5.14. The quantitative estimate of drug-likeness (QED) is 0.728. The van der Waals surface area contributed by atoms with E-state index in [0.29, 0.717) is 11.5 Å². The molecule has 0 saturated heterocycles. The first kappa shape index (κ1) is 18.1. The van der Waals surface area contributed by atoms with Crippen molar-refractivity contribution in [2.75, 3.05) is 5.75 Å². The molecule has 25 heavy (non-hydrogen) atoms. The van der Waals surface area contributed by atoms with Crippen molar-refractivity contribution in [1.29, 1.82) is 0 Å². The van der Waals surface area contributed by atoms with E-state index in [-0.39, 0.29) is 22.1 Å². The summed E-state index contributed by atoms with van der Waals surface area (Å²) in [5, 5.41) is 0. The van der Waals surface area contributed by atoms with Gasteiger partial charge in [-0.1, -0.05) is 31.9 Å². The molecule has 2 aromatic rings. The number of hydrogen-bond donors (Lipinski definition) is 0. The fourth-order valence-electron chi connectivity index (χ4n) is 3.67. The highest BCUT2D eigenvalue weighted by atomic mass is 32.2. The molecule has 0 bridgehead atoms. The zero-order valence-corrected chi connectivity index (χ0v) is 15.0. The van der Waals surface area contributed by atoms with Crippen LogP contribution >= 0.6 is 0 Å². The Bertz CT molecular complexity index is 844. The normalized spacial score (nSPS) is 20.8. The minimum atomic E-state index is -3.34. The smallest absolute Gasteiger partial charge is 0.178 e. The van der Waals surface area contributed by atoms with Crippen LogP contribution in [0.1, 0.15) is 32.6 Å². The molecule has 0 radical (unpaired) electrons. The van der Waals surface area contributed by atoms with Crippen LogP contribution in [0.3, 0.4) is 0 Å². The molecule has 1 fully saturated rings. The van der Waals surface area contributed by atoms with Gasteiger partial charge in [0, 0.05) is 11.6 Å². The largest absolute Gasteiger partial charge is 0.224 e. The molecule has 5 heteroatoms. The number of benzene rings is 2. The molecule has 134 valence electrons. The molecule has 0 N–H and O–H groups in total. The van der Waals surface area contributed by atoms with Gasteiger partial charge in [0.2, 0.25) is 0 Å². The Labute approximate surface area is 147 Å². The molecule has 1 saturated carbocycles. The number of rotatable bonds is 5. The van der Waals surface area contributed by atoms with Gasteiger partial charge in [0.25, 0.3) is 0 Å². The first-order valence-corrected chi connectivity index (χ1v) is 10.3. The average molecular weight is 364 g/mol. The van der Waals surface area contributed by atoms with Gasteiger partial charge >= 0.3 is 0 Å². The predicted octanol–water partition coefficient (Wildman–Crippen LogP) is 5.23. The van der Waals surface area contributed by atoms with Gasteiger partial charge in [-0.25, -0.2) is 17.2 Å². The fourth-order valence-corrected chi connectivity index (χ4v) is 5.34. The third-order valence-corrected chi connectivity index (χ3v) is 7.04. The first-order chi connectivity index (χ1) is 11.9. The van der Waals surface area contributed by atoms with E-state index in [0.717, 1.165) is 31.7 Å². The summed E-state index contributed by atoms with van der Waals surface area (Å²) < 4.78 is 52.1. The van der Waals surface area contributed by atoms with E-state index in [1.165, 1.54) is 24.3 Å². The molecule has 0 amide bonds. The molecule has 0 aliphatic heterocycles. The van der Waals surface area contributed by atoms with Crippen LogP contribution in [0.25, 0.3) is 11.1 Å². The van der Waals surface area contributed by atoms with Crippen LogP contribution in [0.2, 0.25) is 0 Å². The van der Waals surface area contributed by atoms with E-state index >= 15 is 0 Å². The summed E-state index contributed by atoms with van der Waals surface area (Å²) in [5.41, 5.74) is 0.787. The van der Waals surface area contributed by atoms with E-state index in [1.807, 2.05) is 0 Å². The highest BCUT2D eigenvalue weighted by Gasteiger charge is 2.28. The van der Waals surface area contributed by atoms with Crippen LogP contribution in [0, 0.1) is 23.5 Å². The lowest BCUT2D eigenvalue weighted by molar-refractivity contribution is 0.497. The number of halogens is 2. The van der Waals surface area contributed by atoms with Gasteiger partial charge in [-0.15, -0.1) is 0 Å². The zero-order chi connectivity index (χ0) is 18.0. The summed E-state index contributed by atoms with van der Waals surface area (Å²) in [6.45, 7) is 2.15. The van der Waals surface area contributed by atoms with Crippen molar-refractivity contribution in [3.63, 3.8) is 0 Å². The van der Waals surface area contributed by atoms with Gasteiger partial charge in [-0.3, -0.25) is 0 Å². The van der Waals surface area contributed by atoms with Crippen LogP contribution in [-0.2, 0) is 9.84 Å². The van der Waals surface area contributed by atoms with Crippen molar-refractivity contribution in [3.8, 4) is 11.1 Å². The summed E-state index contributed by atoms with van der Waals surface area (Å²) in [6.07, 6.45) is 4.17. The van der Waals surface area contributed by atoms with Crippen molar-refractivity contribution >= 4 is 9.84 Å². The maximum Gasteiger partial charge on any atom is 0.178 e. The molecule has 3 rings (SSSR count). The average Bonchev–Trinajstić information content (AvgIpc) is 3.02. The Morgan fingerprint density at radius 2 is 1.68 bits per heavy atom.